The van der Waals surface area contributed by atoms with Crippen molar-refractivity contribution in [3.8, 4) is 0 Å². The maximum absolute atomic E-state index is 12.3. The van der Waals surface area contributed by atoms with E-state index in [1.807, 2.05) is 24.3 Å². The molecule has 0 saturated carbocycles. The number of aliphatic hydroxyl groups is 1. The first-order valence-corrected chi connectivity index (χ1v) is 8.52. The van der Waals surface area contributed by atoms with Gasteiger partial charge in [0.1, 0.15) is 0 Å². The number of carbonyl (C=O) groups excluding carboxylic acids is 2. The Hall–Kier alpha value is -2.66. The Balaban J connectivity index is 1.53. The van der Waals surface area contributed by atoms with Crippen LogP contribution >= 0.6 is 0 Å². The SMILES string of the molecule is CC(CCCN1C(=O)c2ccccc2C1=O)Nc1ccccc1CO. The average Bonchev–Trinajstić information content (AvgIpc) is 2.87. The van der Waals surface area contributed by atoms with Crippen LogP contribution in [0.1, 0.15) is 46.0 Å². The van der Waals surface area contributed by atoms with E-state index < -0.39 is 0 Å². The van der Waals surface area contributed by atoms with E-state index in [2.05, 4.69) is 12.2 Å². The van der Waals surface area contributed by atoms with Gasteiger partial charge in [0, 0.05) is 23.8 Å². The molecule has 1 atom stereocenters. The van der Waals surface area contributed by atoms with E-state index in [1.165, 1.54) is 4.90 Å². The summed E-state index contributed by atoms with van der Waals surface area (Å²) in [7, 11) is 0. The molecule has 1 aliphatic rings. The second kappa shape index (κ2) is 7.49. The van der Waals surface area contributed by atoms with Crippen LogP contribution in [0, 0.1) is 0 Å². The molecule has 0 aliphatic carbocycles. The number of nitrogens with one attached hydrogen (secondary N) is 1. The Morgan fingerprint density at radius 3 is 2.24 bits per heavy atom. The molecule has 5 nitrogen and oxygen atoms in total. The van der Waals surface area contributed by atoms with Gasteiger partial charge in [0.25, 0.3) is 11.8 Å². The van der Waals surface area contributed by atoms with Crippen LogP contribution in [0.15, 0.2) is 48.5 Å². The van der Waals surface area contributed by atoms with Gasteiger partial charge in [-0.05, 0) is 38.0 Å². The van der Waals surface area contributed by atoms with Gasteiger partial charge in [-0.1, -0.05) is 30.3 Å². The largest absolute Gasteiger partial charge is 0.392 e. The number of amides is 2. The van der Waals surface area contributed by atoms with E-state index in [-0.39, 0.29) is 24.5 Å². The van der Waals surface area contributed by atoms with Gasteiger partial charge in [-0.15, -0.1) is 0 Å². The number of anilines is 1. The molecule has 1 unspecified atom stereocenters. The van der Waals surface area contributed by atoms with Crippen LogP contribution < -0.4 is 5.32 Å². The van der Waals surface area contributed by atoms with Crippen LogP contribution in [0.25, 0.3) is 0 Å². The summed E-state index contributed by atoms with van der Waals surface area (Å²) in [5.41, 5.74) is 2.76. The molecule has 5 heteroatoms. The highest BCUT2D eigenvalue weighted by molar-refractivity contribution is 6.21. The van der Waals surface area contributed by atoms with Crippen LogP contribution in [0.3, 0.4) is 0 Å². The van der Waals surface area contributed by atoms with Gasteiger partial charge < -0.3 is 10.4 Å². The number of para-hydroxylation sites is 1. The molecule has 0 saturated heterocycles. The lowest BCUT2D eigenvalue weighted by Gasteiger charge is -2.19. The van der Waals surface area contributed by atoms with Crippen molar-refractivity contribution in [1.29, 1.82) is 0 Å². The molecule has 0 radical (unpaired) electrons. The van der Waals surface area contributed by atoms with E-state index in [1.54, 1.807) is 24.3 Å². The summed E-state index contributed by atoms with van der Waals surface area (Å²) < 4.78 is 0. The van der Waals surface area contributed by atoms with Gasteiger partial charge in [0.15, 0.2) is 0 Å². The summed E-state index contributed by atoms with van der Waals surface area (Å²) in [6.45, 7) is 2.46. The molecule has 25 heavy (non-hydrogen) atoms. The molecule has 0 spiro atoms. The number of benzene rings is 2. The van der Waals surface area contributed by atoms with Crippen molar-refractivity contribution in [3.63, 3.8) is 0 Å². The molecule has 0 fully saturated rings. The molecule has 2 aromatic rings. The Morgan fingerprint density at radius 2 is 1.60 bits per heavy atom. The highest BCUT2D eigenvalue weighted by Crippen LogP contribution is 2.23. The van der Waals surface area contributed by atoms with Crippen LogP contribution in [0.2, 0.25) is 0 Å². The van der Waals surface area contributed by atoms with Gasteiger partial charge >= 0.3 is 0 Å². The number of aliphatic hydroxyl groups excluding tert-OH is 1. The fourth-order valence-corrected chi connectivity index (χ4v) is 3.13. The summed E-state index contributed by atoms with van der Waals surface area (Å²) in [6, 6.07) is 14.8. The lowest BCUT2D eigenvalue weighted by Crippen LogP contribution is -2.31. The predicted molar refractivity (Wildman–Crippen MR) is 96.5 cm³/mol. The number of rotatable bonds is 7. The zero-order valence-electron chi connectivity index (χ0n) is 14.2. The minimum Gasteiger partial charge on any atom is -0.392 e. The Morgan fingerprint density at radius 1 is 1.00 bits per heavy atom. The van der Waals surface area contributed by atoms with Gasteiger partial charge in [-0.3, -0.25) is 14.5 Å². The van der Waals surface area contributed by atoms with E-state index in [4.69, 9.17) is 0 Å². The fraction of sp³-hybridized carbons (Fsp3) is 0.300. The number of fused-ring (bicyclic) bond motifs is 1. The van der Waals surface area contributed by atoms with Crippen molar-refractivity contribution >= 4 is 17.5 Å². The van der Waals surface area contributed by atoms with Crippen molar-refractivity contribution in [2.24, 2.45) is 0 Å². The average molecular weight is 338 g/mol. The third-order valence-corrected chi connectivity index (χ3v) is 4.49. The number of hydrogen-bond acceptors (Lipinski definition) is 4. The molecular formula is C20H22N2O3. The van der Waals surface area contributed by atoms with Crippen molar-refractivity contribution in [1.82, 2.24) is 4.90 Å². The molecule has 2 N–H and O–H groups in total. The standard InChI is InChI=1S/C20H22N2O3/c1-14(21-18-11-5-2-8-15(18)13-23)7-6-12-22-19(24)16-9-3-4-10-17(16)20(22)25/h2-5,8-11,14,21,23H,6-7,12-13H2,1H3. The molecule has 1 heterocycles. The molecule has 3 rings (SSSR count). The number of hydrogen-bond donors (Lipinski definition) is 2. The zero-order chi connectivity index (χ0) is 17.8. The topological polar surface area (TPSA) is 69.6 Å². The van der Waals surface area contributed by atoms with Crippen LogP contribution in [0.4, 0.5) is 5.69 Å². The van der Waals surface area contributed by atoms with Crippen molar-refractivity contribution in [3.05, 3.63) is 65.2 Å². The Kier molecular flexibility index (Phi) is 5.14. The molecule has 2 amide bonds. The first-order chi connectivity index (χ1) is 12.1. The molecule has 1 aliphatic heterocycles. The maximum Gasteiger partial charge on any atom is 0.261 e. The maximum atomic E-state index is 12.3. The van der Waals surface area contributed by atoms with Gasteiger partial charge in [-0.25, -0.2) is 0 Å². The smallest absolute Gasteiger partial charge is 0.261 e. The minimum absolute atomic E-state index is 0.00899. The third kappa shape index (κ3) is 3.56. The summed E-state index contributed by atoms with van der Waals surface area (Å²) in [4.78, 5) is 26.0. The van der Waals surface area contributed by atoms with Crippen molar-refractivity contribution in [2.75, 3.05) is 11.9 Å². The lowest BCUT2D eigenvalue weighted by atomic mass is 10.1. The summed E-state index contributed by atoms with van der Waals surface area (Å²) in [6.07, 6.45) is 1.54. The summed E-state index contributed by atoms with van der Waals surface area (Å²) in [5.74, 6) is -0.404. The predicted octanol–water partition coefficient (Wildman–Crippen LogP) is 3.06. The zero-order valence-corrected chi connectivity index (χ0v) is 14.2. The molecule has 2 aromatic carbocycles. The second-order valence-electron chi connectivity index (χ2n) is 6.31. The van der Waals surface area contributed by atoms with Gasteiger partial charge in [0.05, 0.1) is 17.7 Å². The number of nitrogens with zero attached hydrogens (tertiary/aromatic N) is 1. The van der Waals surface area contributed by atoms with Crippen LogP contribution in [-0.2, 0) is 6.61 Å². The second-order valence-corrected chi connectivity index (χ2v) is 6.31. The monoisotopic (exact) mass is 338 g/mol. The lowest BCUT2D eigenvalue weighted by molar-refractivity contribution is 0.0651. The van der Waals surface area contributed by atoms with Crippen molar-refractivity contribution < 1.29 is 14.7 Å². The van der Waals surface area contributed by atoms with E-state index in [0.717, 1.165) is 24.1 Å². The number of imide groups is 1. The first kappa shape index (κ1) is 17.2. The summed E-state index contributed by atoms with van der Waals surface area (Å²) in [5, 5.41) is 12.8. The molecular weight excluding hydrogens is 316 g/mol. The minimum atomic E-state index is -0.202. The van der Waals surface area contributed by atoms with Crippen LogP contribution in [-0.4, -0.2) is 34.4 Å². The third-order valence-electron chi connectivity index (χ3n) is 4.49. The van der Waals surface area contributed by atoms with Gasteiger partial charge in [-0.2, -0.15) is 0 Å². The quantitative estimate of drug-likeness (QED) is 0.761. The normalized spacial score (nSPS) is 14.6. The Labute approximate surface area is 147 Å². The van der Waals surface area contributed by atoms with E-state index in [0.29, 0.717) is 17.7 Å². The number of carbonyl (C=O) groups is 2. The molecule has 0 aromatic heterocycles. The fourth-order valence-electron chi connectivity index (χ4n) is 3.13. The first-order valence-electron chi connectivity index (χ1n) is 8.52. The molecule has 130 valence electrons. The van der Waals surface area contributed by atoms with Gasteiger partial charge in [0.2, 0.25) is 0 Å². The van der Waals surface area contributed by atoms with Crippen molar-refractivity contribution in [2.45, 2.75) is 32.4 Å². The van der Waals surface area contributed by atoms with Crippen LogP contribution in [0.5, 0.6) is 0 Å². The molecule has 0 bridgehead atoms. The highest BCUT2D eigenvalue weighted by Gasteiger charge is 2.34. The highest BCUT2D eigenvalue weighted by atomic mass is 16.3. The Bertz CT molecular complexity index is 753. The summed E-state index contributed by atoms with van der Waals surface area (Å²) >= 11 is 0. The van der Waals surface area contributed by atoms with E-state index >= 15 is 0 Å². The van der Waals surface area contributed by atoms with E-state index in [9.17, 15) is 14.7 Å².